The van der Waals surface area contributed by atoms with Crippen molar-refractivity contribution in [3.8, 4) is 28.7 Å². The van der Waals surface area contributed by atoms with E-state index in [0.717, 1.165) is 0 Å². The predicted molar refractivity (Wildman–Crippen MR) is 126 cm³/mol. The van der Waals surface area contributed by atoms with Crippen LogP contribution >= 0.6 is 0 Å². The van der Waals surface area contributed by atoms with Crippen molar-refractivity contribution in [2.24, 2.45) is 5.10 Å². The molecule has 176 valence electrons. The van der Waals surface area contributed by atoms with Gasteiger partial charge in [0, 0.05) is 5.56 Å². The number of hydrazone groups is 1. The predicted octanol–water partition coefficient (Wildman–Crippen LogP) is 3.70. The average Bonchev–Trinajstić information content (AvgIpc) is 2.88. The van der Waals surface area contributed by atoms with Gasteiger partial charge in [0.2, 0.25) is 5.75 Å². The number of esters is 1. The van der Waals surface area contributed by atoms with E-state index >= 15 is 0 Å². The zero-order chi connectivity index (χ0) is 24.5. The molecule has 3 aromatic rings. The average molecular weight is 464 g/mol. The zero-order valence-corrected chi connectivity index (χ0v) is 19.2. The molecule has 0 aliphatic heterocycles. The molecule has 3 rings (SSSR count). The maximum Gasteiger partial charge on any atom is 0.343 e. The topological polar surface area (TPSA) is 105 Å². The lowest BCUT2D eigenvalue weighted by Crippen LogP contribution is -2.17. The fourth-order valence-electron chi connectivity index (χ4n) is 3.03. The van der Waals surface area contributed by atoms with Gasteiger partial charge in [0.05, 0.1) is 40.2 Å². The lowest BCUT2D eigenvalue weighted by atomic mass is 10.1. The first kappa shape index (κ1) is 24.1. The number of benzene rings is 3. The van der Waals surface area contributed by atoms with Gasteiger partial charge in [0.1, 0.15) is 0 Å². The van der Waals surface area contributed by atoms with Crippen molar-refractivity contribution in [2.75, 3.05) is 28.4 Å². The molecule has 0 fully saturated rings. The first-order valence-electron chi connectivity index (χ1n) is 10.1. The molecule has 9 heteroatoms. The first-order chi connectivity index (χ1) is 16.5. The van der Waals surface area contributed by atoms with Gasteiger partial charge in [-0.05, 0) is 48.0 Å². The Balaban J connectivity index is 1.75. The van der Waals surface area contributed by atoms with Gasteiger partial charge in [-0.25, -0.2) is 10.2 Å². The lowest BCUT2D eigenvalue weighted by Gasteiger charge is -2.14. The van der Waals surface area contributed by atoms with E-state index in [-0.39, 0.29) is 17.2 Å². The third-order valence-electron chi connectivity index (χ3n) is 4.71. The van der Waals surface area contributed by atoms with Gasteiger partial charge < -0.3 is 23.7 Å². The molecule has 1 N–H and O–H groups in total. The van der Waals surface area contributed by atoms with E-state index in [2.05, 4.69) is 10.5 Å². The van der Waals surface area contributed by atoms with Crippen molar-refractivity contribution in [1.82, 2.24) is 5.43 Å². The first-order valence-corrected chi connectivity index (χ1v) is 10.1. The minimum atomic E-state index is -0.644. The van der Waals surface area contributed by atoms with E-state index in [0.29, 0.717) is 34.1 Å². The Bertz CT molecular complexity index is 1170. The van der Waals surface area contributed by atoms with Crippen LogP contribution in [0.2, 0.25) is 0 Å². The van der Waals surface area contributed by atoms with Crippen LogP contribution in [0.1, 0.15) is 26.3 Å². The molecule has 0 heterocycles. The van der Waals surface area contributed by atoms with Gasteiger partial charge >= 0.3 is 5.97 Å². The van der Waals surface area contributed by atoms with Crippen LogP contribution in [-0.2, 0) is 0 Å². The summed E-state index contributed by atoms with van der Waals surface area (Å²) in [4.78, 5) is 24.8. The van der Waals surface area contributed by atoms with Crippen LogP contribution in [0.25, 0.3) is 0 Å². The van der Waals surface area contributed by atoms with Crippen LogP contribution in [0.5, 0.6) is 28.7 Å². The highest BCUT2D eigenvalue weighted by atomic mass is 16.6. The van der Waals surface area contributed by atoms with Crippen LogP contribution in [0.15, 0.2) is 65.8 Å². The van der Waals surface area contributed by atoms with E-state index < -0.39 is 5.97 Å². The summed E-state index contributed by atoms with van der Waals surface area (Å²) in [5.74, 6) is 0.538. The molecule has 0 atom stereocenters. The molecule has 0 saturated heterocycles. The van der Waals surface area contributed by atoms with Crippen LogP contribution in [0.3, 0.4) is 0 Å². The van der Waals surface area contributed by atoms with Crippen molar-refractivity contribution in [1.29, 1.82) is 0 Å². The Morgan fingerprint density at radius 1 is 0.735 bits per heavy atom. The summed E-state index contributed by atoms with van der Waals surface area (Å²) in [6.45, 7) is 0. The van der Waals surface area contributed by atoms with Gasteiger partial charge in [-0.1, -0.05) is 18.2 Å². The van der Waals surface area contributed by atoms with Gasteiger partial charge in [-0.15, -0.1) is 0 Å². The Morgan fingerprint density at radius 3 is 1.97 bits per heavy atom. The minimum Gasteiger partial charge on any atom is -0.493 e. The number of nitrogens with one attached hydrogen (secondary N) is 1. The molecule has 0 unspecified atom stereocenters. The zero-order valence-electron chi connectivity index (χ0n) is 19.2. The van der Waals surface area contributed by atoms with Crippen molar-refractivity contribution in [2.45, 2.75) is 0 Å². The van der Waals surface area contributed by atoms with E-state index in [4.69, 9.17) is 23.7 Å². The Hall–Kier alpha value is -4.53. The molecule has 1 amide bonds. The fourth-order valence-corrected chi connectivity index (χ4v) is 3.03. The van der Waals surface area contributed by atoms with E-state index in [1.165, 1.54) is 46.8 Å². The lowest BCUT2D eigenvalue weighted by molar-refractivity contribution is 0.0728. The molecule has 0 bridgehead atoms. The maximum atomic E-state index is 12.8. The molecule has 0 aliphatic carbocycles. The molecule has 0 aromatic heterocycles. The number of amides is 1. The highest BCUT2D eigenvalue weighted by Gasteiger charge is 2.19. The summed E-state index contributed by atoms with van der Waals surface area (Å²) in [7, 11) is 5.83. The second kappa shape index (κ2) is 11.4. The standard InChI is InChI=1S/C25H24N2O7/c1-30-20-12-16(15-26-27-24(28)17-8-6-5-7-9-17)10-11-19(20)34-25(29)18-13-21(31-2)23(33-4)22(14-18)32-3/h5-15H,1-4H3,(H,27,28). The van der Waals surface area contributed by atoms with Crippen LogP contribution in [0, 0.1) is 0 Å². The summed E-state index contributed by atoms with van der Waals surface area (Å²) in [5, 5.41) is 3.96. The van der Waals surface area contributed by atoms with E-state index in [1.54, 1.807) is 42.5 Å². The number of hydrogen-bond acceptors (Lipinski definition) is 8. The number of carbonyl (C=O) groups is 2. The van der Waals surface area contributed by atoms with Crippen molar-refractivity contribution in [3.63, 3.8) is 0 Å². The minimum absolute atomic E-state index is 0.200. The molecular weight excluding hydrogens is 440 g/mol. The number of ether oxygens (including phenoxy) is 5. The van der Waals surface area contributed by atoms with Gasteiger partial charge in [0.25, 0.3) is 5.91 Å². The Labute approximate surface area is 196 Å². The Kier molecular flexibility index (Phi) is 8.07. The summed E-state index contributed by atoms with van der Waals surface area (Å²) >= 11 is 0. The summed E-state index contributed by atoms with van der Waals surface area (Å²) in [6.07, 6.45) is 1.45. The largest absolute Gasteiger partial charge is 0.493 e. The number of nitrogens with zero attached hydrogens (tertiary/aromatic N) is 1. The maximum absolute atomic E-state index is 12.8. The molecular formula is C25H24N2O7. The van der Waals surface area contributed by atoms with Gasteiger partial charge in [0.15, 0.2) is 23.0 Å². The molecule has 34 heavy (non-hydrogen) atoms. The van der Waals surface area contributed by atoms with Crippen molar-refractivity contribution < 1.29 is 33.3 Å². The molecule has 9 nitrogen and oxygen atoms in total. The number of hydrogen-bond donors (Lipinski definition) is 1. The van der Waals surface area contributed by atoms with Crippen LogP contribution in [-0.4, -0.2) is 46.5 Å². The van der Waals surface area contributed by atoms with Crippen molar-refractivity contribution in [3.05, 3.63) is 77.4 Å². The van der Waals surface area contributed by atoms with Gasteiger partial charge in [-0.2, -0.15) is 5.10 Å². The number of rotatable bonds is 9. The highest BCUT2D eigenvalue weighted by Crippen LogP contribution is 2.38. The smallest absolute Gasteiger partial charge is 0.343 e. The monoisotopic (exact) mass is 464 g/mol. The third-order valence-corrected chi connectivity index (χ3v) is 4.71. The van der Waals surface area contributed by atoms with Crippen molar-refractivity contribution >= 4 is 18.1 Å². The molecule has 0 spiro atoms. The van der Waals surface area contributed by atoms with Crippen LogP contribution < -0.4 is 29.1 Å². The van der Waals surface area contributed by atoms with E-state index in [9.17, 15) is 9.59 Å². The summed E-state index contributed by atoms with van der Waals surface area (Å²) in [6, 6.07) is 16.6. The fraction of sp³-hybridized carbons (Fsp3) is 0.160. The number of methoxy groups -OCH3 is 4. The normalized spacial score (nSPS) is 10.5. The molecule has 3 aromatic carbocycles. The van der Waals surface area contributed by atoms with E-state index in [1.807, 2.05) is 6.07 Å². The van der Waals surface area contributed by atoms with Crippen LogP contribution in [0.4, 0.5) is 0 Å². The SMILES string of the molecule is COc1cc(C=NNC(=O)c2ccccc2)ccc1OC(=O)c1cc(OC)c(OC)c(OC)c1. The van der Waals surface area contributed by atoms with Gasteiger partial charge in [-0.3, -0.25) is 4.79 Å². The summed E-state index contributed by atoms with van der Waals surface area (Å²) in [5.41, 5.74) is 3.77. The highest BCUT2D eigenvalue weighted by molar-refractivity contribution is 5.95. The Morgan fingerprint density at radius 2 is 1.38 bits per heavy atom. The molecule has 0 saturated carbocycles. The third kappa shape index (κ3) is 5.63. The summed E-state index contributed by atoms with van der Waals surface area (Å²) < 4.78 is 26.7. The molecule has 0 aliphatic rings. The second-order valence-corrected chi connectivity index (χ2v) is 6.78. The molecule has 0 radical (unpaired) electrons. The number of carbonyl (C=O) groups excluding carboxylic acids is 2. The second-order valence-electron chi connectivity index (χ2n) is 6.78. The quantitative estimate of drug-likeness (QED) is 0.223.